The van der Waals surface area contributed by atoms with Gasteiger partial charge in [-0.25, -0.2) is 4.98 Å². The highest BCUT2D eigenvalue weighted by atomic mass is 32.1. The van der Waals surface area contributed by atoms with E-state index >= 15 is 0 Å². The first-order valence-electron chi connectivity index (χ1n) is 11.7. The van der Waals surface area contributed by atoms with Gasteiger partial charge in [0.25, 0.3) is 0 Å². The molecule has 35 heavy (non-hydrogen) atoms. The molecule has 0 amide bonds. The summed E-state index contributed by atoms with van der Waals surface area (Å²) in [5.74, 6) is 0.138. The first kappa shape index (κ1) is 24.6. The van der Waals surface area contributed by atoms with Crippen molar-refractivity contribution in [3.8, 4) is 27.6 Å². The van der Waals surface area contributed by atoms with Crippen molar-refractivity contribution in [2.45, 2.75) is 46.5 Å². The molecule has 1 unspecified atom stereocenters. The number of benzene rings is 2. The Bertz CT molecular complexity index is 1310. The lowest BCUT2D eigenvalue weighted by molar-refractivity contribution is -0.136. The van der Waals surface area contributed by atoms with Crippen molar-refractivity contribution in [3.05, 3.63) is 88.1 Å². The molecule has 180 valence electrons. The Balaban J connectivity index is 1.41. The van der Waals surface area contributed by atoms with Crippen molar-refractivity contribution in [2.24, 2.45) is 0 Å². The zero-order valence-corrected chi connectivity index (χ0v) is 21.4. The van der Waals surface area contributed by atoms with Gasteiger partial charge in [-0.3, -0.25) is 9.78 Å². The molecular weight excluding hydrogens is 456 g/mol. The molecule has 0 aliphatic rings. The van der Waals surface area contributed by atoms with E-state index in [1.165, 1.54) is 10.4 Å². The molecule has 6 heteroatoms. The molecular formula is C29H30N2O3S. The highest BCUT2D eigenvalue weighted by Crippen LogP contribution is 2.32. The molecule has 4 rings (SSSR count). The average molecular weight is 487 g/mol. The van der Waals surface area contributed by atoms with Gasteiger partial charge in [-0.2, -0.15) is 0 Å². The smallest absolute Gasteiger partial charge is 0.303 e. The van der Waals surface area contributed by atoms with Gasteiger partial charge in [-0.05, 0) is 62.6 Å². The third kappa shape index (κ3) is 6.14. The molecule has 1 atom stereocenters. The van der Waals surface area contributed by atoms with Crippen LogP contribution >= 0.6 is 11.3 Å². The van der Waals surface area contributed by atoms with Crippen LogP contribution in [0.25, 0.3) is 21.8 Å². The van der Waals surface area contributed by atoms with Crippen LogP contribution in [0, 0.1) is 20.8 Å². The fourth-order valence-corrected chi connectivity index (χ4v) is 5.01. The van der Waals surface area contributed by atoms with Crippen LogP contribution in [-0.4, -0.2) is 27.7 Å². The van der Waals surface area contributed by atoms with Crippen LogP contribution in [0.2, 0.25) is 0 Å². The molecule has 0 aliphatic heterocycles. The second-order valence-electron chi connectivity index (χ2n) is 8.95. The van der Waals surface area contributed by atoms with E-state index in [0.717, 1.165) is 44.4 Å². The molecule has 4 aromatic rings. The Labute approximate surface area is 210 Å². The number of carbonyl (C=O) groups is 1. The summed E-state index contributed by atoms with van der Waals surface area (Å²) >= 11 is 1.68. The molecule has 5 nitrogen and oxygen atoms in total. The standard InChI is InChI=1S/C29H30N2O3S/c1-18-5-7-23(8-6-18)26-13-10-24(16-30-26)29-31-28(21(4)35-29)20(3)17-34-25-12-9-22(19(2)15-25)11-14-27(32)33/h5-10,12-13,15-16,20H,11,14,17H2,1-4H3,(H,32,33). The Kier molecular flexibility index (Phi) is 7.61. The summed E-state index contributed by atoms with van der Waals surface area (Å²) in [7, 11) is 0. The predicted molar refractivity (Wildman–Crippen MR) is 141 cm³/mol. The van der Waals surface area contributed by atoms with Gasteiger partial charge in [-0.15, -0.1) is 11.3 Å². The summed E-state index contributed by atoms with van der Waals surface area (Å²) in [6.07, 6.45) is 2.56. The lowest BCUT2D eigenvalue weighted by Gasteiger charge is -2.14. The summed E-state index contributed by atoms with van der Waals surface area (Å²) < 4.78 is 6.06. The number of pyridine rings is 1. The van der Waals surface area contributed by atoms with Crippen LogP contribution in [0.4, 0.5) is 0 Å². The number of rotatable bonds is 9. The fraction of sp³-hybridized carbons (Fsp3) is 0.276. The van der Waals surface area contributed by atoms with Crippen LogP contribution in [0.3, 0.4) is 0 Å². The van der Waals surface area contributed by atoms with Gasteiger partial charge in [0.2, 0.25) is 0 Å². The Hall–Kier alpha value is -3.51. The molecule has 2 heterocycles. The van der Waals surface area contributed by atoms with E-state index in [1.807, 2.05) is 37.4 Å². The summed E-state index contributed by atoms with van der Waals surface area (Å²) in [6.45, 7) is 8.81. The van der Waals surface area contributed by atoms with Gasteiger partial charge in [0.1, 0.15) is 10.8 Å². The van der Waals surface area contributed by atoms with Crippen LogP contribution in [0.1, 0.15) is 46.5 Å². The maximum Gasteiger partial charge on any atom is 0.303 e. The van der Waals surface area contributed by atoms with Crippen molar-refractivity contribution >= 4 is 17.3 Å². The van der Waals surface area contributed by atoms with Crippen LogP contribution < -0.4 is 4.74 Å². The van der Waals surface area contributed by atoms with Crippen molar-refractivity contribution in [3.63, 3.8) is 0 Å². The molecule has 0 bridgehead atoms. The number of thiazole rings is 1. The molecule has 2 aromatic heterocycles. The zero-order chi connectivity index (χ0) is 24.9. The highest BCUT2D eigenvalue weighted by molar-refractivity contribution is 7.15. The van der Waals surface area contributed by atoms with Gasteiger partial charge < -0.3 is 9.84 Å². The van der Waals surface area contributed by atoms with Crippen LogP contribution in [-0.2, 0) is 11.2 Å². The zero-order valence-electron chi connectivity index (χ0n) is 20.5. The largest absolute Gasteiger partial charge is 0.493 e. The molecule has 1 N–H and O–H groups in total. The van der Waals surface area contributed by atoms with E-state index < -0.39 is 5.97 Å². The van der Waals surface area contributed by atoms with Gasteiger partial charge in [0.05, 0.1) is 18.0 Å². The predicted octanol–water partition coefficient (Wildman–Crippen LogP) is 7.00. The summed E-state index contributed by atoms with van der Waals surface area (Å²) in [5.41, 5.74) is 7.43. The van der Waals surface area contributed by atoms with Crippen LogP contribution in [0.15, 0.2) is 60.8 Å². The fourth-order valence-electron chi connectivity index (χ4n) is 3.98. The van der Waals surface area contributed by atoms with Crippen molar-refractivity contribution in [1.82, 2.24) is 9.97 Å². The first-order valence-corrected chi connectivity index (χ1v) is 12.6. The maximum absolute atomic E-state index is 10.8. The van der Waals surface area contributed by atoms with E-state index in [9.17, 15) is 4.79 Å². The van der Waals surface area contributed by atoms with E-state index in [1.54, 1.807) is 11.3 Å². The number of hydrogen-bond acceptors (Lipinski definition) is 5. The topological polar surface area (TPSA) is 72.3 Å². The number of carboxylic acid groups (broad SMARTS) is 1. The number of aryl methyl sites for hydroxylation is 4. The molecule has 0 radical (unpaired) electrons. The monoisotopic (exact) mass is 486 g/mol. The van der Waals surface area contributed by atoms with Crippen molar-refractivity contribution in [2.75, 3.05) is 6.61 Å². The van der Waals surface area contributed by atoms with Gasteiger partial charge in [0.15, 0.2) is 0 Å². The third-order valence-electron chi connectivity index (χ3n) is 6.08. The number of hydrogen-bond donors (Lipinski definition) is 1. The lowest BCUT2D eigenvalue weighted by Crippen LogP contribution is -2.09. The number of aliphatic carboxylic acids is 1. The summed E-state index contributed by atoms with van der Waals surface area (Å²) in [4.78, 5) is 21.6. The number of carboxylic acids is 1. The van der Waals surface area contributed by atoms with Crippen molar-refractivity contribution in [1.29, 1.82) is 0 Å². The van der Waals surface area contributed by atoms with Crippen molar-refractivity contribution < 1.29 is 14.6 Å². The van der Waals surface area contributed by atoms with E-state index in [0.29, 0.717) is 13.0 Å². The highest BCUT2D eigenvalue weighted by Gasteiger charge is 2.17. The molecule has 0 saturated carbocycles. The Morgan fingerprint density at radius 2 is 1.77 bits per heavy atom. The summed E-state index contributed by atoms with van der Waals surface area (Å²) in [6, 6.07) is 18.4. The normalized spacial score (nSPS) is 11.9. The Morgan fingerprint density at radius 3 is 2.43 bits per heavy atom. The van der Waals surface area contributed by atoms with E-state index in [-0.39, 0.29) is 12.3 Å². The van der Waals surface area contributed by atoms with Gasteiger partial charge in [-0.1, -0.05) is 42.8 Å². The minimum Gasteiger partial charge on any atom is -0.493 e. The molecule has 0 saturated heterocycles. The quantitative estimate of drug-likeness (QED) is 0.276. The third-order valence-corrected chi connectivity index (χ3v) is 7.11. The maximum atomic E-state index is 10.8. The first-order chi connectivity index (χ1) is 16.8. The summed E-state index contributed by atoms with van der Waals surface area (Å²) in [5, 5.41) is 9.87. The minimum atomic E-state index is -0.783. The second-order valence-corrected chi connectivity index (χ2v) is 10.2. The molecule has 0 aliphatic carbocycles. The van der Waals surface area contributed by atoms with Crippen LogP contribution in [0.5, 0.6) is 5.75 Å². The second kappa shape index (κ2) is 10.8. The molecule has 0 fully saturated rings. The average Bonchev–Trinajstić information content (AvgIpc) is 3.24. The molecule has 0 spiro atoms. The number of aromatic nitrogens is 2. The van der Waals surface area contributed by atoms with E-state index in [2.05, 4.69) is 56.1 Å². The Morgan fingerprint density at radius 1 is 1.03 bits per heavy atom. The number of ether oxygens (including phenoxy) is 1. The molecule has 2 aromatic carbocycles. The lowest BCUT2D eigenvalue weighted by atomic mass is 10.0. The van der Waals surface area contributed by atoms with E-state index in [4.69, 9.17) is 14.8 Å². The SMILES string of the molecule is Cc1ccc(-c2ccc(-c3nc(C(C)COc4ccc(CCC(=O)O)c(C)c4)c(C)s3)cn2)cc1. The minimum absolute atomic E-state index is 0.131. The number of nitrogens with zero attached hydrogens (tertiary/aromatic N) is 2. The van der Waals surface area contributed by atoms with Gasteiger partial charge in [0, 0.05) is 34.5 Å². The van der Waals surface area contributed by atoms with Gasteiger partial charge >= 0.3 is 5.97 Å².